The van der Waals surface area contributed by atoms with Crippen molar-refractivity contribution >= 4 is 5.91 Å². The summed E-state index contributed by atoms with van der Waals surface area (Å²) in [6.45, 7) is -1.20. The third-order valence-electron chi connectivity index (χ3n) is 7.31. The maximum Gasteiger partial charge on any atom is 0.251 e. The zero-order chi connectivity index (χ0) is 28.3. The van der Waals surface area contributed by atoms with Crippen LogP contribution in [0.5, 0.6) is 5.75 Å². The summed E-state index contributed by atoms with van der Waals surface area (Å²) in [5.74, 6) is -0.905. The highest BCUT2D eigenvalue weighted by Gasteiger charge is 2.50. The molecule has 39 heavy (non-hydrogen) atoms. The second-order valence-electron chi connectivity index (χ2n) is 9.78. The van der Waals surface area contributed by atoms with Crippen molar-refractivity contribution in [3.8, 4) is 16.9 Å². The van der Waals surface area contributed by atoms with Crippen LogP contribution in [0.25, 0.3) is 11.1 Å². The van der Waals surface area contributed by atoms with E-state index in [0.717, 1.165) is 11.1 Å². The van der Waals surface area contributed by atoms with Crippen molar-refractivity contribution in [2.45, 2.75) is 61.5 Å². The molecule has 0 unspecified atom stereocenters. The molecule has 2 aliphatic rings. The molecule has 0 bridgehead atoms. The maximum atomic E-state index is 11.9. The normalized spacial score (nSPS) is 34.9. The van der Waals surface area contributed by atoms with Gasteiger partial charge in [0.15, 0.2) is 0 Å². The summed E-state index contributed by atoms with van der Waals surface area (Å²) in [5.41, 5.74) is 2.12. The van der Waals surface area contributed by atoms with Gasteiger partial charge in [-0.15, -0.1) is 0 Å². The summed E-state index contributed by atoms with van der Waals surface area (Å²) in [6.07, 6.45) is -12.4. The molecule has 2 heterocycles. The first-order valence-corrected chi connectivity index (χ1v) is 12.7. The van der Waals surface area contributed by atoms with Crippen LogP contribution in [0.2, 0.25) is 0 Å². The molecule has 2 aromatic carbocycles. The molecule has 12 heteroatoms. The lowest BCUT2D eigenvalue weighted by Crippen LogP contribution is -2.62. The highest BCUT2D eigenvalue weighted by molar-refractivity contribution is 5.95. The van der Waals surface area contributed by atoms with Gasteiger partial charge in [-0.05, 0) is 41.8 Å². The molecule has 2 aliphatic heterocycles. The third kappa shape index (κ3) is 6.24. The van der Waals surface area contributed by atoms with Crippen molar-refractivity contribution in [1.82, 2.24) is 5.32 Å². The smallest absolute Gasteiger partial charge is 0.251 e. The number of ether oxygens (including phenoxy) is 3. The summed E-state index contributed by atoms with van der Waals surface area (Å²) < 4.78 is 17.0. The van der Waals surface area contributed by atoms with Crippen molar-refractivity contribution in [3.63, 3.8) is 0 Å². The van der Waals surface area contributed by atoms with Crippen LogP contribution in [0.4, 0.5) is 0 Å². The van der Waals surface area contributed by atoms with Gasteiger partial charge in [-0.25, -0.2) is 0 Å². The number of amides is 1. The minimum atomic E-state index is -1.61. The molecular formula is C27H35NO11. The van der Waals surface area contributed by atoms with Gasteiger partial charge in [0.25, 0.3) is 5.91 Å². The molecule has 0 radical (unpaired) electrons. The fourth-order valence-corrected chi connectivity index (χ4v) is 5.03. The highest BCUT2D eigenvalue weighted by atomic mass is 16.7. The van der Waals surface area contributed by atoms with E-state index in [2.05, 4.69) is 5.32 Å². The number of carbonyl (C=O) groups excluding carboxylic acids is 1. The monoisotopic (exact) mass is 549 g/mol. The van der Waals surface area contributed by atoms with E-state index >= 15 is 0 Å². The van der Waals surface area contributed by atoms with Gasteiger partial charge < -0.3 is 55.3 Å². The molecule has 1 amide bonds. The van der Waals surface area contributed by atoms with Gasteiger partial charge in [-0.1, -0.05) is 24.3 Å². The van der Waals surface area contributed by atoms with Gasteiger partial charge in [-0.3, -0.25) is 4.79 Å². The summed E-state index contributed by atoms with van der Waals surface area (Å²) in [7, 11) is 1.55. The Morgan fingerprint density at radius 3 is 2.08 bits per heavy atom. The fourth-order valence-electron chi connectivity index (χ4n) is 5.03. The van der Waals surface area contributed by atoms with Crippen LogP contribution in [0.3, 0.4) is 0 Å². The summed E-state index contributed by atoms with van der Waals surface area (Å²) >= 11 is 0. The van der Waals surface area contributed by atoms with Crippen LogP contribution in [-0.2, 0) is 9.47 Å². The molecule has 2 fully saturated rings. The van der Waals surface area contributed by atoms with Crippen LogP contribution in [0.15, 0.2) is 48.5 Å². The molecule has 12 nitrogen and oxygen atoms in total. The zero-order valence-electron chi connectivity index (χ0n) is 21.3. The Morgan fingerprint density at radius 2 is 1.44 bits per heavy atom. The lowest BCUT2D eigenvalue weighted by atomic mass is 9.81. The third-order valence-corrected chi connectivity index (χ3v) is 7.31. The minimum Gasteiger partial charge on any atom is -0.462 e. The van der Waals surface area contributed by atoms with Crippen LogP contribution >= 0.6 is 0 Å². The van der Waals surface area contributed by atoms with Gasteiger partial charge in [-0.2, -0.15) is 0 Å². The Bertz CT molecular complexity index is 1100. The summed E-state index contributed by atoms with van der Waals surface area (Å²) in [5, 5.41) is 74.2. The van der Waals surface area contributed by atoms with Crippen molar-refractivity contribution < 1.29 is 54.8 Å². The van der Waals surface area contributed by atoms with Gasteiger partial charge in [0.05, 0.1) is 25.4 Å². The molecule has 0 saturated carbocycles. The Morgan fingerprint density at radius 1 is 0.795 bits per heavy atom. The Kier molecular flexibility index (Phi) is 9.54. The lowest BCUT2D eigenvalue weighted by Gasteiger charge is -2.46. The van der Waals surface area contributed by atoms with Crippen LogP contribution < -0.4 is 10.1 Å². The Hall–Kier alpha value is -2.65. The standard InChI is InChI=1S/C27H35NO11/c1-28-26(36)15-4-2-3-14(9-15)13-5-7-16(8-6-13)37-27-22(32)17(21(31)19(11-29)39-27)10-18-23(33)25(35)24(34)20(12-30)38-18/h2-9,17-25,27,29-35H,10-12H2,1H3,(H,28,36)/t17-,18+,19+,20+,21-,22-,23+,24+,25+,27-/m0/s1. The molecule has 0 aromatic heterocycles. The second-order valence-corrected chi connectivity index (χ2v) is 9.78. The number of hydrogen-bond acceptors (Lipinski definition) is 11. The van der Waals surface area contributed by atoms with Crippen molar-refractivity contribution in [2.24, 2.45) is 5.92 Å². The highest BCUT2D eigenvalue weighted by Crippen LogP contribution is 2.35. The first-order valence-electron chi connectivity index (χ1n) is 12.7. The summed E-state index contributed by atoms with van der Waals surface area (Å²) in [4.78, 5) is 11.9. The molecule has 10 atom stereocenters. The Labute approximate surface area is 225 Å². The number of aliphatic hydroxyl groups is 7. The van der Waals surface area contributed by atoms with E-state index in [1.54, 1.807) is 49.5 Å². The number of rotatable bonds is 8. The van der Waals surface area contributed by atoms with Gasteiger partial charge >= 0.3 is 0 Å². The predicted octanol–water partition coefficient (Wildman–Crippen LogP) is -1.62. The largest absolute Gasteiger partial charge is 0.462 e. The lowest BCUT2D eigenvalue weighted by molar-refractivity contribution is -0.278. The SMILES string of the molecule is CNC(=O)c1cccc(-c2ccc(O[C@H]3O[C@H](CO)[C@@H](O)[C@H](C[C@H]4O[C@H](CO)[C@@H](O)[C@H](O)[C@@H]4O)[C@@H]3O)cc2)c1. The van der Waals surface area contributed by atoms with Crippen molar-refractivity contribution in [3.05, 3.63) is 54.1 Å². The van der Waals surface area contributed by atoms with E-state index in [-0.39, 0.29) is 12.3 Å². The average Bonchev–Trinajstić information content (AvgIpc) is 2.96. The van der Waals surface area contributed by atoms with Crippen molar-refractivity contribution in [1.29, 1.82) is 0 Å². The number of benzene rings is 2. The second kappa shape index (κ2) is 12.7. The molecule has 0 spiro atoms. The first-order chi connectivity index (χ1) is 18.7. The number of nitrogens with one attached hydrogen (secondary N) is 1. The number of hydrogen-bond donors (Lipinski definition) is 8. The first kappa shape index (κ1) is 29.3. The van der Waals surface area contributed by atoms with Crippen LogP contribution in [-0.4, -0.2) is 117 Å². The molecule has 4 rings (SSSR count). The molecule has 2 saturated heterocycles. The van der Waals surface area contributed by atoms with E-state index in [0.29, 0.717) is 11.3 Å². The molecule has 8 N–H and O–H groups in total. The van der Waals surface area contributed by atoms with E-state index < -0.39 is 74.3 Å². The molecule has 0 aliphatic carbocycles. The van der Waals surface area contributed by atoms with E-state index in [4.69, 9.17) is 14.2 Å². The molecule has 2 aromatic rings. The number of carbonyl (C=O) groups is 1. The van der Waals surface area contributed by atoms with E-state index in [1.807, 2.05) is 6.07 Å². The predicted molar refractivity (Wildman–Crippen MR) is 136 cm³/mol. The van der Waals surface area contributed by atoms with E-state index in [1.165, 1.54) is 0 Å². The Balaban J connectivity index is 1.48. The fraction of sp³-hybridized carbons (Fsp3) is 0.519. The quantitative estimate of drug-likeness (QED) is 0.188. The maximum absolute atomic E-state index is 11.9. The molecular weight excluding hydrogens is 514 g/mol. The average molecular weight is 550 g/mol. The summed E-state index contributed by atoms with van der Waals surface area (Å²) in [6, 6.07) is 13.9. The zero-order valence-corrected chi connectivity index (χ0v) is 21.3. The number of aliphatic hydroxyl groups excluding tert-OH is 7. The minimum absolute atomic E-state index is 0.190. The van der Waals surface area contributed by atoms with E-state index in [9.17, 15) is 40.5 Å². The topological polar surface area (TPSA) is 198 Å². The van der Waals surface area contributed by atoms with Gasteiger partial charge in [0.1, 0.15) is 42.4 Å². The molecule has 214 valence electrons. The van der Waals surface area contributed by atoms with Gasteiger partial charge in [0, 0.05) is 18.5 Å². The van der Waals surface area contributed by atoms with Crippen LogP contribution in [0, 0.1) is 5.92 Å². The van der Waals surface area contributed by atoms with Crippen molar-refractivity contribution in [2.75, 3.05) is 20.3 Å². The van der Waals surface area contributed by atoms with Crippen LogP contribution in [0.1, 0.15) is 16.8 Å². The van der Waals surface area contributed by atoms with Gasteiger partial charge in [0.2, 0.25) is 6.29 Å².